The average Bonchev–Trinajstić information content (AvgIpc) is 3.01. The molecular weight excluding hydrogens is 432 g/mol. The largest absolute Gasteiger partial charge is 0.302 e. The van der Waals surface area contributed by atoms with Gasteiger partial charge in [0.05, 0.1) is 23.0 Å². The summed E-state index contributed by atoms with van der Waals surface area (Å²) in [6.45, 7) is 11.0. The molecule has 0 bridgehead atoms. The number of anilines is 1. The molecule has 0 saturated heterocycles. The minimum absolute atomic E-state index is 0. The van der Waals surface area contributed by atoms with Crippen LogP contribution in [0.5, 0.6) is 0 Å². The van der Waals surface area contributed by atoms with Crippen LogP contribution in [0.25, 0.3) is 10.2 Å². The molecule has 2 aromatic rings. The summed E-state index contributed by atoms with van der Waals surface area (Å²) in [5, 5.41) is 0.614. The fourth-order valence-corrected chi connectivity index (χ4v) is 4.39. The summed E-state index contributed by atoms with van der Waals surface area (Å²) >= 11 is 1.48. The Morgan fingerprint density at radius 1 is 1.14 bits per heavy atom. The maximum atomic E-state index is 13.0. The normalized spacial score (nSPS) is 11.9. The van der Waals surface area contributed by atoms with E-state index in [-0.39, 0.29) is 24.9 Å². The first-order valence-electron chi connectivity index (χ1n) is 9.38. The molecule has 1 amide bonds. The van der Waals surface area contributed by atoms with Gasteiger partial charge in [0, 0.05) is 20.1 Å². The summed E-state index contributed by atoms with van der Waals surface area (Å²) in [6, 6.07) is 4.11. The van der Waals surface area contributed by atoms with E-state index in [1.165, 1.54) is 18.4 Å². The lowest BCUT2D eigenvalue weighted by atomic mass is 10.1. The summed E-state index contributed by atoms with van der Waals surface area (Å²) in [4.78, 5) is 21.5. The molecule has 0 unspecified atom stereocenters. The number of hydrogen-bond acceptors (Lipinski definition) is 6. The monoisotopic (exact) mass is 462 g/mol. The third-order valence-corrected chi connectivity index (χ3v) is 7.29. The van der Waals surface area contributed by atoms with Crippen molar-refractivity contribution < 1.29 is 13.2 Å². The lowest BCUT2D eigenvalue weighted by molar-refractivity contribution is -0.118. The summed E-state index contributed by atoms with van der Waals surface area (Å²) in [5.41, 5.74) is 3.12. The fourth-order valence-electron chi connectivity index (χ4n) is 2.98. The third-order valence-electron chi connectivity index (χ3n) is 4.80. The zero-order valence-corrected chi connectivity index (χ0v) is 20.4. The van der Waals surface area contributed by atoms with Crippen molar-refractivity contribution in [3.8, 4) is 0 Å². The van der Waals surface area contributed by atoms with E-state index in [4.69, 9.17) is 4.98 Å². The number of carbonyl (C=O) groups excluding carboxylic acids is 1. The number of likely N-dealkylation sites (N-methyl/N-ethyl adjacent to an activating group) is 2. The number of aryl methyl sites for hydroxylation is 2. The molecule has 7 nitrogen and oxygen atoms in total. The number of benzene rings is 1. The third kappa shape index (κ3) is 6.62. The molecule has 0 aliphatic rings. The van der Waals surface area contributed by atoms with E-state index in [0.29, 0.717) is 18.2 Å². The van der Waals surface area contributed by atoms with Gasteiger partial charge in [-0.1, -0.05) is 31.3 Å². The number of nitrogens with zero attached hydrogens (tertiary/aromatic N) is 4. The van der Waals surface area contributed by atoms with Crippen LogP contribution in [0.4, 0.5) is 5.13 Å². The Labute approximate surface area is 184 Å². The molecule has 29 heavy (non-hydrogen) atoms. The molecule has 0 saturated carbocycles. The van der Waals surface area contributed by atoms with Crippen LogP contribution in [0.15, 0.2) is 12.1 Å². The lowest BCUT2D eigenvalue weighted by Crippen LogP contribution is -2.44. The molecular formula is C19H31ClN4O3S2. The number of thiazole rings is 1. The van der Waals surface area contributed by atoms with Crippen LogP contribution in [0, 0.1) is 13.8 Å². The Kier molecular flexibility index (Phi) is 9.49. The summed E-state index contributed by atoms with van der Waals surface area (Å²) in [6.07, 6.45) is 1.10. The van der Waals surface area contributed by atoms with Gasteiger partial charge in [0.1, 0.15) is 0 Å². The van der Waals surface area contributed by atoms with Gasteiger partial charge in [0.2, 0.25) is 15.9 Å². The molecule has 0 aliphatic carbocycles. The van der Waals surface area contributed by atoms with Gasteiger partial charge < -0.3 is 4.90 Å². The highest BCUT2D eigenvalue weighted by Crippen LogP contribution is 2.32. The first kappa shape index (κ1) is 25.8. The Hall–Kier alpha value is -1.26. The average molecular weight is 463 g/mol. The van der Waals surface area contributed by atoms with E-state index in [1.54, 1.807) is 4.90 Å². The second-order valence-corrected chi connectivity index (χ2v) is 10.1. The highest BCUT2D eigenvalue weighted by atomic mass is 35.5. The second-order valence-electron chi connectivity index (χ2n) is 7.02. The fraction of sp³-hybridized carbons (Fsp3) is 0.579. The summed E-state index contributed by atoms with van der Waals surface area (Å²) in [7, 11) is -2.01. The van der Waals surface area contributed by atoms with Crippen LogP contribution in [0.2, 0.25) is 0 Å². The predicted octanol–water partition coefficient (Wildman–Crippen LogP) is 2.90. The molecule has 10 heteroatoms. The standard InChI is InChI=1S/C19H30N4O3S2.ClH/c1-7-22(8-2)9-10-23(17(24)13-21(5)28(6,25)26)19-20-16-12-14(3)11-15(4)18(16)27-19;/h11-12H,7-10,13H2,1-6H3;1H. The molecule has 0 N–H and O–H groups in total. The maximum absolute atomic E-state index is 13.0. The van der Waals surface area contributed by atoms with E-state index in [2.05, 4.69) is 24.8 Å². The number of halogens is 1. The van der Waals surface area contributed by atoms with Crippen LogP contribution < -0.4 is 4.90 Å². The molecule has 164 valence electrons. The Balaban J connectivity index is 0.00000420. The van der Waals surface area contributed by atoms with Crippen molar-refractivity contribution in [3.63, 3.8) is 0 Å². The van der Waals surface area contributed by atoms with Gasteiger partial charge in [-0.25, -0.2) is 13.4 Å². The minimum Gasteiger partial charge on any atom is -0.302 e. The van der Waals surface area contributed by atoms with Gasteiger partial charge in [0.15, 0.2) is 5.13 Å². The number of hydrogen-bond donors (Lipinski definition) is 0. The molecule has 0 spiro atoms. The smallest absolute Gasteiger partial charge is 0.244 e. The molecule has 2 rings (SSSR count). The molecule has 0 atom stereocenters. The second kappa shape index (κ2) is 10.7. The van der Waals surface area contributed by atoms with E-state index in [1.807, 2.05) is 19.9 Å². The van der Waals surface area contributed by atoms with Crippen LogP contribution >= 0.6 is 23.7 Å². The van der Waals surface area contributed by atoms with Crippen molar-refractivity contribution in [3.05, 3.63) is 23.3 Å². The van der Waals surface area contributed by atoms with Crippen molar-refractivity contribution in [2.75, 3.05) is 50.9 Å². The van der Waals surface area contributed by atoms with Crippen LogP contribution in [0.1, 0.15) is 25.0 Å². The number of aromatic nitrogens is 1. The summed E-state index contributed by atoms with van der Waals surface area (Å²) < 4.78 is 25.6. The van der Waals surface area contributed by atoms with Crippen molar-refractivity contribution in [1.29, 1.82) is 0 Å². The van der Waals surface area contributed by atoms with Crippen LogP contribution in [-0.2, 0) is 14.8 Å². The molecule has 1 aromatic carbocycles. The Morgan fingerprint density at radius 3 is 2.31 bits per heavy atom. The van der Waals surface area contributed by atoms with Crippen molar-refractivity contribution >= 4 is 55.0 Å². The van der Waals surface area contributed by atoms with E-state index >= 15 is 0 Å². The lowest BCUT2D eigenvalue weighted by Gasteiger charge is -2.26. The van der Waals surface area contributed by atoms with Gasteiger partial charge in [-0.2, -0.15) is 4.31 Å². The predicted molar refractivity (Wildman–Crippen MR) is 124 cm³/mol. The highest BCUT2D eigenvalue weighted by Gasteiger charge is 2.24. The number of fused-ring (bicyclic) bond motifs is 1. The van der Waals surface area contributed by atoms with Gasteiger partial charge in [0.25, 0.3) is 0 Å². The molecule has 0 aliphatic heterocycles. The van der Waals surface area contributed by atoms with E-state index in [0.717, 1.165) is 45.0 Å². The quantitative estimate of drug-likeness (QED) is 0.572. The van der Waals surface area contributed by atoms with Gasteiger partial charge in [-0.05, 0) is 44.1 Å². The Morgan fingerprint density at radius 2 is 1.76 bits per heavy atom. The first-order valence-corrected chi connectivity index (χ1v) is 12.0. The van der Waals surface area contributed by atoms with Gasteiger partial charge in [-0.15, -0.1) is 12.4 Å². The SMILES string of the molecule is CCN(CC)CCN(C(=O)CN(C)S(C)(=O)=O)c1nc2cc(C)cc(C)c2s1.Cl. The molecule has 1 aromatic heterocycles. The number of sulfonamides is 1. The molecule has 1 heterocycles. The van der Waals surface area contributed by atoms with Crippen LogP contribution in [-0.4, -0.2) is 74.5 Å². The van der Waals surface area contributed by atoms with E-state index < -0.39 is 10.0 Å². The van der Waals surface area contributed by atoms with E-state index in [9.17, 15) is 13.2 Å². The first-order chi connectivity index (χ1) is 13.1. The number of carbonyl (C=O) groups is 1. The van der Waals surface area contributed by atoms with Gasteiger partial charge in [-0.3, -0.25) is 9.69 Å². The molecule has 0 radical (unpaired) electrons. The van der Waals surface area contributed by atoms with Crippen LogP contribution in [0.3, 0.4) is 0 Å². The minimum atomic E-state index is -3.43. The molecule has 0 fully saturated rings. The maximum Gasteiger partial charge on any atom is 0.244 e. The Bertz CT molecular complexity index is 942. The zero-order valence-electron chi connectivity index (χ0n) is 17.9. The zero-order chi connectivity index (χ0) is 21.1. The highest BCUT2D eigenvalue weighted by molar-refractivity contribution is 7.88. The number of rotatable bonds is 9. The van der Waals surface area contributed by atoms with Crippen molar-refractivity contribution in [2.24, 2.45) is 0 Å². The van der Waals surface area contributed by atoms with Gasteiger partial charge >= 0.3 is 0 Å². The van der Waals surface area contributed by atoms with Crippen molar-refractivity contribution in [2.45, 2.75) is 27.7 Å². The number of amides is 1. The van der Waals surface area contributed by atoms with Crippen molar-refractivity contribution in [1.82, 2.24) is 14.2 Å². The topological polar surface area (TPSA) is 73.8 Å². The summed E-state index contributed by atoms with van der Waals surface area (Å²) in [5.74, 6) is -0.270.